The van der Waals surface area contributed by atoms with Crippen molar-refractivity contribution in [3.8, 4) is 5.75 Å². The van der Waals surface area contributed by atoms with E-state index < -0.39 is 16.5 Å². The zero-order chi connectivity index (χ0) is 15.0. The third-order valence-electron chi connectivity index (χ3n) is 3.52. The molecule has 0 fully saturated rings. The van der Waals surface area contributed by atoms with Gasteiger partial charge in [0.2, 0.25) is 0 Å². The maximum atomic E-state index is 14.1. The fraction of sp³-hybridized carbons (Fsp3) is 0.250. The van der Waals surface area contributed by atoms with Crippen LogP contribution in [0.3, 0.4) is 0 Å². The Kier molecular flexibility index (Phi) is 4.31. The summed E-state index contributed by atoms with van der Waals surface area (Å²) in [4.78, 5) is -0.530. The van der Waals surface area contributed by atoms with Crippen LogP contribution in [-0.2, 0) is 6.42 Å². The van der Waals surface area contributed by atoms with Crippen molar-refractivity contribution >= 4 is 31.9 Å². The number of rotatable bonds is 2. The number of halogens is 4. The summed E-state index contributed by atoms with van der Waals surface area (Å²) in [6.07, 6.45) is 1.89. The summed E-state index contributed by atoms with van der Waals surface area (Å²) < 4.78 is 34.1. The topological polar surface area (TPSA) is 9.23 Å². The molecule has 3 rings (SSSR count). The van der Waals surface area contributed by atoms with E-state index in [0.717, 1.165) is 36.3 Å². The molecule has 1 aliphatic heterocycles. The summed E-state index contributed by atoms with van der Waals surface area (Å²) in [5.41, 5.74) is 1.93. The Morgan fingerprint density at radius 2 is 1.81 bits per heavy atom. The van der Waals surface area contributed by atoms with Gasteiger partial charge < -0.3 is 4.74 Å². The average Bonchev–Trinajstić information content (AvgIpc) is 2.45. The fourth-order valence-corrected chi connectivity index (χ4v) is 3.62. The van der Waals surface area contributed by atoms with Crippen LogP contribution in [0, 0.1) is 11.6 Å². The lowest BCUT2D eigenvalue weighted by Gasteiger charge is -2.20. The highest BCUT2D eigenvalue weighted by atomic mass is 79.9. The Bertz CT molecular complexity index is 665. The van der Waals surface area contributed by atoms with E-state index in [-0.39, 0.29) is 5.56 Å². The summed E-state index contributed by atoms with van der Waals surface area (Å²) in [6.45, 7) is 0.722. The first kappa shape index (κ1) is 15.0. The molecule has 0 saturated carbocycles. The van der Waals surface area contributed by atoms with Crippen LogP contribution in [0.15, 0.2) is 34.8 Å². The second kappa shape index (κ2) is 6.05. The predicted octanol–water partition coefficient (Wildman–Crippen LogP) is 5.54. The van der Waals surface area contributed by atoms with Crippen LogP contribution in [-0.4, -0.2) is 6.61 Å². The highest BCUT2D eigenvalue weighted by Crippen LogP contribution is 2.38. The van der Waals surface area contributed by atoms with Crippen molar-refractivity contribution in [2.75, 3.05) is 6.61 Å². The van der Waals surface area contributed by atoms with Crippen molar-refractivity contribution in [3.63, 3.8) is 0 Å². The van der Waals surface area contributed by atoms with Gasteiger partial charge in [0.15, 0.2) is 0 Å². The van der Waals surface area contributed by atoms with E-state index >= 15 is 0 Å². The molecule has 110 valence electrons. The summed E-state index contributed by atoms with van der Waals surface area (Å²) in [6, 6.07) is 8.20. The van der Waals surface area contributed by atoms with Gasteiger partial charge in [-0.2, -0.15) is 0 Å². The number of alkyl halides is 1. The van der Waals surface area contributed by atoms with Crippen molar-refractivity contribution in [1.82, 2.24) is 0 Å². The number of benzene rings is 2. The number of fused-ring (bicyclic) bond motifs is 1. The van der Waals surface area contributed by atoms with Crippen LogP contribution < -0.4 is 4.74 Å². The van der Waals surface area contributed by atoms with Crippen molar-refractivity contribution in [1.29, 1.82) is 0 Å². The second-order valence-corrected chi connectivity index (χ2v) is 6.80. The number of hydrogen-bond acceptors (Lipinski definition) is 1. The van der Waals surface area contributed by atoms with E-state index in [1.165, 1.54) is 12.1 Å². The first-order chi connectivity index (χ1) is 10.1. The molecule has 1 atom stereocenters. The van der Waals surface area contributed by atoms with Crippen LogP contribution in [0.4, 0.5) is 8.78 Å². The maximum Gasteiger partial charge on any atom is 0.131 e. The van der Waals surface area contributed by atoms with Crippen molar-refractivity contribution < 1.29 is 13.5 Å². The zero-order valence-corrected chi connectivity index (χ0v) is 14.2. The molecule has 5 heteroatoms. The summed E-state index contributed by atoms with van der Waals surface area (Å²) >= 11 is 6.50. The minimum absolute atomic E-state index is 0.0230. The van der Waals surface area contributed by atoms with Gasteiger partial charge in [-0.1, -0.05) is 44.0 Å². The molecule has 0 radical (unpaired) electrons. The molecular formula is C16H12Br2F2O. The van der Waals surface area contributed by atoms with Crippen LogP contribution in [0.2, 0.25) is 0 Å². The fourth-order valence-electron chi connectivity index (χ4n) is 2.50. The third-order valence-corrected chi connectivity index (χ3v) is 4.97. The molecule has 0 N–H and O–H groups in total. The lowest BCUT2D eigenvalue weighted by atomic mass is 9.98. The van der Waals surface area contributed by atoms with E-state index in [9.17, 15) is 8.78 Å². The second-order valence-electron chi connectivity index (χ2n) is 4.96. The maximum absolute atomic E-state index is 14.1. The van der Waals surface area contributed by atoms with Gasteiger partial charge in [0.05, 0.1) is 11.4 Å². The van der Waals surface area contributed by atoms with Crippen LogP contribution in [0.25, 0.3) is 0 Å². The molecule has 1 heterocycles. The van der Waals surface area contributed by atoms with Crippen molar-refractivity contribution in [2.24, 2.45) is 0 Å². The quantitative estimate of drug-likeness (QED) is 0.583. The molecule has 21 heavy (non-hydrogen) atoms. The van der Waals surface area contributed by atoms with Crippen LogP contribution in [0.1, 0.15) is 27.9 Å². The van der Waals surface area contributed by atoms with Crippen LogP contribution in [0.5, 0.6) is 5.75 Å². The van der Waals surface area contributed by atoms with Gasteiger partial charge in [-0.05, 0) is 42.2 Å². The van der Waals surface area contributed by atoms with E-state index in [2.05, 4.69) is 31.9 Å². The normalized spacial score (nSPS) is 15.2. The molecule has 0 bridgehead atoms. The van der Waals surface area contributed by atoms with Gasteiger partial charge in [-0.15, -0.1) is 0 Å². The van der Waals surface area contributed by atoms with Crippen molar-refractivity contribution in [2.45, 2.75) is 17.7 Å². The molecule has 2 aromatic rings. The van der Waals surface area contributed by atoms with Gasteiger partial charge in [0.1, 0.15) is 17.4 Å². The molecule has 0 aliphatic carbocycles. The molecular weight excluding hydrogens is 406 g/mol. The Hall–Kier alpha value is -0.940. The largest absolute Gasteiger partial charge is 0.493 e. The Balaban J connectivity index is 2.01. The minimum atomic E-state index is -0.572. The van der Waals surface area contributed by atoms with E-state index in [4.69, 9.17) is 4.74 Å². The summed E-state index contributed by atoms with van der Waals surface area (Å²) in [5.74, 6) is -0.281. The van der Waals surface area contributed by atoms with Gasteiger partial charge in [0, 0.05) is 10.0 Å². The summed E-state index contributed by atoms with van der Waals surface area (Å²) in [7, 11) is 0. The number of hydrogen-bond donors (Lipinski definition) is 0. The lowest BCUT2D eigenvalue weighted by molar-refractivity contribution is 0.288. The first-order valence-corrected chi connectivity index (χ1v) is 8.31. The standard InChI is InChI=1S/C16H12Br2F2O/c17-11-7-12(19)15(13(20)8-11)16(18)10-3-4-14-9(6-10)2-1-5-21-14/h3-4,6-8,16H,1-2,5H2. The van der Waals surface area contributed by atoms with E-state index in [1.807, 2.05) is 18.2 Å². The van der Waals surface area contributed by atoms with Gasteiger partial charge in [-0.3, -0.25) is 0 Å². The average molecular weight is 418 g/mol. The molecule has 0 spiro atoms. The third kappa shape index (κ3) is 2.99. The Morgan fingerprint density at radius 1 is 1.10 bits per heavy atom. The Labute approximate surface area is 138 Å². The van der Waals surface area contributed by atoms with Gasteiger partial charge in [-0.25, -0.2) is 8.78 Å². The molecule has 0 amide bonds. The SMILES string of the molecule is Fc1cc(Br)cc(F)c1C(Br)c1ccc2c(c1)CCCO2. The minimum Gasteiger partial charge on any atom is -0.493 e. The molecule has 0 aromatic heterocycles. The monoisotopic (exact) mass is 416 g/mol. The molecule has 1 aliphatic rings. The number of ether oxygens (including phenoxy) is 1. The lowest BCUT2D eigenvalue weighted by Crippen LogP contribution is -2.09. The first-order valence-electron chi connectivity index (χ1n) is 6.60. The van der Waals surface area contributed by atoms with Gasteiger partial charge >= 0.3 is 0 Å². The van der Waals surface area contributed by atoms with Crippen molar-refractivity contribution in [3.05, 3.63) is 63.1 Å². The number of aryl methyl sites for hydroxylation is 1. The van der Waals surface area contributed by atoms with Gasteiger partial charge in [0.25, 0.3) is 0 Å². The highest BCUT2D eigenvalue weighted by molar-refractivity contribution is 9.10. The molecule has 1 nitrogen and oxygen atoms in total. The van der Waals surface area contributed by atoms with Crippen LogP contribution >= 0.6 is 31.9 Å². The zero-order valence-electron chi connectivity index (χ0n) is 11.0. The molecule has 0 saturated heterocycles. The Morgan fingerprint density at radius 3 is 2.52 bits per heavy atom. The molecule has 1 unspecified atom stereocenters. The summed E-state index contributed by atoms with van der Waals surface area (Å²) in [5, 5.41) is 0. The molecule has 2 aromatic carbocycles. The highest BCUT2D eigenvalue weighted by Gasteiger charge is 2.22. The van der Waals surface area contributed by atoms with E-state index in [1.54, 1.807) is 0 Å². The predicted molar refractivity (Wildman–Crippen MR) is 85.1 cm³/mol. The smallest absolute Gasteiger partial charge is 0.131 e. The van der Waals surface area contributed by atoms with E-state index in [0.29, 0.717) is 4.47 Å².